The molecule has 6 heteroatoms. The van der Waals surface area contributed by atoms with Gasteiger partial charge in [0.25, 0.3) is 0 Å². The van der Waals surface area contributed by atoms with Crippen molar-refractivity contribution in [3.8, 4) is 17.2 Å². The molecule has 2 N–H and O–H groups in total. The summed E-state index contributed by atoms with van der Waals surface area (Å²) in [6.45, 7) is 0. The molecule has 2 heterocycles. The van der Waals surface area contributed by atoms with Gasteiger partial charge in [0.15, 0.2) is 11.5 Å². The number of nitrogens with one attached hydrogen (secondary N) is 1. The van der Waals surface area contributed by atoms with Crippen LogP contribution in [-0.2, 0) is 0 Å². The molecule has 0 saturated heterocycles. The maximum absolute atomic E-state index is 13.5. The third-order valence-corrected chi connectivity index (χ3v) is 6.49. The second-order valence-electron chi connectivity index (χ2n) is 8.25. The molecule has 0 saturated carbocycles. The van der Waals surface area contributed by atoms with Gasteiger partial charge in [-0.05, 0) is 52.2 Å². The zero-order valence-corrected chi connectivity index (χ0v) is 18.6. The van der Waals surface area contributed by atoms with E-state index in [4.69, 9.17) is 13.9 Å². The predicted molar refractivity (Wildman–Crippen MR) is 132 cm³/mol. The second-order valence-corrected chi connectivity index (χ2v) is 8.25. The Kier molecular flexibility index (Phi) is 4.48. The highest BCUT2D eigenvalue weighted by Gasteiger charge is 2.34. The normalized spacial score (nSPS) is 14.4. The van der Waals surface area contributed by atoms with Crippen molar-refractivity contribution in [3.63, 3.8) is 0 Å². The number of rotatable bonds is 3. The van der Waals surface area contributed by atoms with Crippen molar-refractivity contribution in [1.82, 2.24) is 0 Å². The first-order chi connectivity index (χ1) is 16.6. The molecular formula is C28H21NO5. The van der Waals surface area contributed by atoms with Gasteiger partial charge < -0.3 is 24.3 Å². The van der Waals surface area contributed by atoms with Crippen molar-refractivity contribution in [2.45, 2.75) is 5.92 Å². The van der Waals surface area contributed by atoms with E-state index >= 15 is 0 Å². The summed E-state index contributed by atoms with van der Waals surface area (Å²) in [7, 11) is 2.97. The Morgan fingerprint density at radius 2 is 1.53 bits per heavy atom. The fraction of sp³-hybridized carbons (Fsp3) is 0.107. The lowest BCUT2D eigenvalue weighted by Gasteiger charge is -2.31. The van der Waals surface area contributed by atoms with Crippen LogP contribution in [0.1, 0.15) is 22.6 Å². The maximum Gasteiger partial charge on any atom is 0.342 e. The van der Waals surface area contributed by atoms with Crippen molar-refractivity contribution in [1.29, 1.82) is 0 Å². The van der Waals surface area contributed by atoms with Gasteiger partial charge in [0.2, 0.25) is 5.75 Å². The number of aromatic hydroxyl groups is 1. The summed E-state index contributed by atoms with van der Waals surface area (Å²) in [5.41, 5.74) is 3.90. The highest BCUT2D eigenvalue weighted by atomic mass is 16.5. The summed E-state index contributed by atoms with van der Waals surface area (Å²) in [6, 6.07) is 23.1. The molecule has 5 aromatic rings. The van der Waals surface area contributed by atoms with Gasteiger partial charge in [-0.25, -0.2) is 4.79 Å². The highest BCUT2D eigenvalue weighted by molar-refractivity contribution is 6.00. The fourth-order valence-corrected chi connectivity index (χ4v) is 4.97. The van der Waals surface area contributed by atoms with Gasteiger partial charge in [0.05, 0.1) is 25.5 Å². The average molecular weight is 451 g/mol. The predicted octanol–water partition coefficient (Wildman–Crippen LogP) is 5.91. The van der Waals surface area contributed by atoms with Crippen molar-refractivity contribution >= 4 is 33.1 Å². The fourth-order valence-electron chi connectivity index (χ4n) is 4.97. The molecule has 1 aliphatic heterocycles. The molecule has 0 amide bonds. The van der Waals surface area contributed by atoms with Gasteiger partial charge in [0, 0.05) is 17.0 Å². The number of methoxy groups -OCH3 is 2. The SMILES string of the molecule is COc1cc([C@H]2c3c(c4ccccc4oc3=O)Nc3ccc4ccccc4c32)cc(OC)c1O. The highest BCUT2D eigenvalue weighted by Crippen LogP contribution is 2.50. The van der Waals surface area contributed by atoms with Gasteiger partial charge in [-0.1, -0.05) is 42.5 Å². The molecule has 4 aromatic carbocycles. The molecule has 0 bridgehead atoms. The standard InChI is InChI=1S/C28H21NO5/c1-32-21-13-16(14-22(33-2)27(21)30)23-24-17-8-4-3-7-15(17)11-12-19(24)29-26-18-9-5-6-10-20(18)34-28(31)25(23)26/h3-14,23,29-30H,1-2H3/t23-/m1/s1. The molecule has 0 unspecified atom stereocenters. The zero-order valence-electron chi connectivity index (χ0n) is 18.6. The van der Waals surface area contributed by atoms with E-state index in [1.165, 1.54) is 14.2 Å². The van der Waals surface area contributed by atoms with Crippen molar-refractivity contribution in [2.75, 3.05) is 19.5 Å². The number of ether oxygens (including phenoxy) is 2. The molecule has 1 aliphatic rings. The zero-order chi connectivity index (χ0) is 23.4. The molecule has 1 aromatic heterocycles. The minimum Gasteiger partial charge on any atom is -0.502 e. The maximum atomic E-state index is 13.5. The average Bonchev–Trinajstić information content (AvgIpc) is 2.87. The molecule has 34 heavy (non-hydrogen) atoms. The number of phenolic OH excluding ortho intramolecular Hbond substituents is 1. The molecular weight excluding hydrogens is 430 g/mol. The minimum atomic E-state index is -0.485. The van der Waals surface area contributed by atoms with Crippen LogP contribution >= 0.6 is 0 Å². The first-order valence-corrected chi connectivity index (χ1v) is 10.9. The Morgan fingerprint density at radius 1 is 0.853 bits per heavy atom. The van der Waals surface area contributed by atoms with Crippen LogP contribution in [0.2, 0.25) is 0 Å². The molecule has 168 valence electrons. The van der Waals surface area contributed by atoms with Gasteiger partial charge in [-0.15, -0.1) is 0 Å². The Bertz CT molecular complexity index is 1630. The Labute approximate surface area is 195 Å². The summed E-state index contributed by atoms with van der Waals surface area (Å²) in [6.07, 6.45) is 0. The quantitative estimate of drug-likeness (QED) is 0.326. The van der Waals surface area contributed by atoms with Crippen molar-refractivity contribution in [2.24, 2.45) is 0 Å². The van der Waals surface area contributed by atoms with Crippen LogP contribution in [0.15, 0.2) is 82.0 Å². The van der Waals surface area contributed by atoms with Crippen LogP contribution in [0, 0.1) is 0 Å². The minimum absolute atomic E-state index is 0.0911. The molecule has 6 rings (SSSR count). The molecule has 0 spiro atoms. The van der Waals surface area contributed by atoms with E-state index in [2.05, 4.69) is 11.4 Å². The monoisotopic (exact) mass is 451 g/mol. The van der Waals surface area contributed by atoms with Crippen LogP contribution in [0.3, 0.4) is 0 Å². The number of hydrogen-bond acceptors (Lipinski definition) is 6. The topological polar surface area (TPSA) is 80.9 Å². The first kappa shape index (κ1) is 20.2. The lowest BCUT2D eigenvalue weighted by Crippen LogP contribution is -2.23. The van der Waals surface area contributed by atoms with E-state index in [-0.39, 0.29) is 17.2 Å². The third kappa shape index (κ3) is 2.85. The number of phenols is 1. The van der Waals surface area contributed by atoms with E-state index in [9.17, 15) is 9.90 Å². The van der Waals surface area contributed by atoms with Crippen LogP contribution in [0.4, 0.5) is 11.4 Å². The molecule has 6 nitrogen and oxygen atoms in total. The van der Waals surface area contributed by atoms with E-state index in [1.807, 2.05) is 48.5 Å². The number of fused-ring (bicyclic) bond motifs is 6. The lowest BCUT2D eigenvalue weighted by atomic mass is 9.79. The number of hydrogen-bond donors (Lipinski definition) is 2. The molecule has 0 fully saturated rings. The van der Waals surface area contributed by atoms with E-state index in [1.54, 1.807) is 18.2 Å². The van der Waals surface area contributed by atoms with Crippen LogP contribution < -0.4 is 20.4 Å². The summed E-state index contributed by atoms with van der Waals surface area (Å²) < 4.78 is 16.6. The van der Waals surface area contributed by atoms with Gasteiger partial charge in [0.1, 0.15) is 5.58 Å². The largest absolute Gasteiger partial charge is 0.502 e. The smallest absolute Gasteiger partial charge is 0.342 e. The Balaban J connectivity index is 1.76. The summed E-state index contributed by atoms with van der Waals surface area (Å²) >= 11 is 0. The summed E-state index contributed by atoms with van der Waals surface area (Å²) in [5.74, 6) is -0.0454. The number of para-hydroxylation sites is 1. The number of benzene rings is 4. The Hall–Kier alpha value is -4.45. The van der Waals surface area contributed by atoms with E-state index in [0.717, 1.165) is 33.0 Å². The first-order valence-electron chi connectivity index (χ1n) is 10.9. The molecule has 0 radical (unpaired) electrons. The molecule has 0 aliphatic carbocycles. The lowest BCUT2D eigenvalue weighted by molar-refractivity contribution is 0.339. The number of anilines is 2. The van der Waals surface area contributed by atoms with Crippen molar-refractivity contribution in [3.05, 3.63) is 99.9 Å². The van der Waals surface area contributed by atoms with Gasteiger partial charge in [-0.2, -0.15) is 0 Å². The summed E-state index contributed by atoms with van der Waals surface area (Å²) in [4.78, 5) is 13.5. The van der Waals surface area contributed by atoms with Crippen LogP contribution in [-0.4, -0.2) is 19.3 Å². The van der Waals surface area contributed by atoms with Crippen LogP contribution in [0.5, 0.6) is 17.2 Å². The van der Waals surface area contributed by atoms with Gasteiger partial charge in [-0.3, -0.25) is 0 Å². The van der Waals surface area contributed by atoms with Gasteiger partial charge >= 0.3 is 5.63 Å². The summed E-state index contributed by atoms with van der Waals surface area (Å²) in [5, 5.41) is 16.9. The Morgan fingerprint density at radius 3 is 2.26 bits per heavy atom. The molecule has 1 atom stereocenters. The van der Waals surface area contributed by atoms with Crippen molar-refractivity contribution < 1.29 is 19.0 Å². The van der Waals surface area contributed by atoms with E-state index < -0.39 is 11.5 Å². The van der Waals surface area contributed by atoms with Crippen LogP contribution in [0.25, 0.3) is 21.7 Å². The second kappa shape index (κ2) is 7.56. The third-order valence-electron chi connectivity index (χ3n) is 6.49. The van der Waals surface area contributed by atoms with E-state index in [0.29, 0.717) is 16.8 Å².